The summed E-state index contributed by atoms with van der Waals surface area (Å²) in [4.78, 5) is 30.4. The van der Waals surface area contributed by atoms with Gasteiger partial charge in [-0.25, -0.2) is 4.39 Å². The summed E-state index contributed by atoms with van der Waals surface area (Å²) in [6.07, 6.45) is 5.14. The highest BCUT2D eigenvalue weighted by molar-refractivity contribution is 5.97. The van der Waals surface area contributed by atoms with Gasteiger partial charge in [0.1, 0.15) is 11.6 Å². The predicted octanol–water partition coefficient (Wildman–Crippen LogP) is 4.72. The van der Waals surface area contributed by atoms with Crippen LogP contribution in [0.25, 0.3) is 0 Å². The van der Waals surface area contributed by atoms with Crippen molar-refractivity contribution in [2.45, 2.75) is 44.6 Å². The van der Waals surface area contributed by atoms with E-state index < -0.39 is 6.04 Å². The van der Waals surface area contributed by atoms with Gasteiger partial charge in [-0.3, -0.25) is 9.59 Å². The van der Waals surface area contributed by atoms with Crippen molar-refractivity contribution in [3.05, 3.63) is 59.9 Å². The first-order chi connectivity index (χ1) is 15.1. The smallest absolute Gasteiger partial charge is 0.228 e. The Balaban J connectivity index is 1.73. The van der Waals surface area contributed by atoms with Crippen LogP contribution in [0.4, 0.5) is 10.1 Å². The topological polar surface area (TPSA) is 49.9 Å². The number of halogens is 1. The molecular formula is C25H29FN2O3. The monoisotopic (exact) mass is 424 g/mol. The van der Waals surface area contributed by atoms with Crippen molar-refractivity contribution in [2.75, 3.05) is 25.1 Å². The number of ether oxygens (including phenoxy) is 1. The zero-order valence-corrected chi connectivity index (χ0v) is 17.9. The van der Waals surface area contributed by atoms with Crippen molar-refractivity contribution in [1.82, 2.24) is 4.90 Å². The zero-order chi connectivity index (χ0) is 21.8. The molecule has 2 amide bonds. The second kappa shape index (κ2) is 9.50. The average molecular weight is 425 g/mol. The Hall–Kier alpha value is -2.89. The number of carbonyl (C=O) groups excluding carboxylic acids is 2. The van der Waals surface area contributed by atoms with Crippen LogP contribution in [0.15, 0.2) is 48.5 Å². The molecule has 0 N–H and O–H groups in total. The number of piperidine rings is 1. The van der Waals surface area contributed by atoms with Gasteiger partial charge in [-0.15, -0.1) is 0 Å². The van der Waals surface area contributed by atoms with E-state index in [1.54, 1.807) is 24.1 Å². The van der Waals surface area contributed by atoms with Gasteiger partial charge in [0.25, 0.3) is 0 Å². The van der Waals surface area contributed by atoms with Crippen molar-refractivity contribution in [3.8, 4) is 5.75 Å². The van der Waals surface area contributed by atoms with Crippen molar-refractivity contribution in [1.29, 1.82) is 0 Å². The lowest BCUT2D eigenvalue weighted by molar-refractivity contribution is -0.138. The van der Waals surface area contributed by atoms with Crippen LogP contribution >= 0.6 is 0 Å². The molecule has 164 valence electrons. The number of likely N-dealkylation sites (tertiary alicyclic amines) is 1. The fraction of sp³-hybridized carbons (Fsp3) is 0.440. The van der Waals surface area contributed by atoms with Crippen molar-refractivity contribution in [2.24, 2.45) is 5.92 Å². The van der Waals surface area contributed by atoms with Crippen LogP contribution in [0.2, 0.25) is 0 Å². The van der Waals surface area contributed by atoms with E-state index in [9.17, 15) is 14.0 Å². The van der Waals surface area contributed by atoms with Gasteiger partial charge in [0.15, 0.2) is 0 Å². The summed E-state index contributed by atoms with van der Waals surface area (Å²) < 4.78 is 18.9. The molecular weight excluding hydrogens is 395 g/mol. The van der Waals surface area contributed by atoms with Crippen molar-refractivity contribution < 1.29 is 18.7 Å². The van der Waals surface area contributed by atoms with Crippen molar-refractivity contribution in [3.63, 3.8) is 0 Å². The van der Waals surface area contributed by atoms with E-state index in [0.29, 0.717) is 24.3 Å². The van der Waals surface area contributed by atoms with Crippen LogP contribution < -0.4 is 9.64 Å². The lowest BCUT2D eigenvalue weighted by Gasteiger charge is -2.42. The quantitative estimate of drug-likeness (QED) is 0.714. The first-order valence-corrected chi connectivity index (χ1v) is 11.1. The number of amides is 2. The van der Waals surface area contributed by atoms with E-state index in [1.807, 2.05) is 29.2 Å². The van der Waals surface area contributed by atoms with E-state index in [4.69, 9.17) is 4.74 Å². The minimum absolute atomic E-state index is 0.0283. The largest absolute Gasteiger partial charge is 0.497 e. The number of hydrogen-bond acceptors (Lipinski definition) is 3. The van der Waals surface area contributed by atoms with Gasteiger partial charge in [-0.05, 0) is 61.2 Å². The van der Waals surface area contributed by atoms with Gasteiger partial charge in [-0.1, -0.05) is 25.0 Å². The molecule has 2 saturated heterocycles. The molecule has 0 spiro atoms. The standard InChI is InChI=1S/C25H29FN2O3/c1-31-21-12-10-20(11-13-21)28-23(29)15-14-22(24(28)18-6-8-19(26)9-7-18)25(30)27-16-4-2-3-5-17-27/h6-13,22,24H,2-5,14-17H2,1H3. The Labute approximate surface area is 182 Å². The minimum atomic E-state index is -0.467. The molecule has 2 aliphatic rings. The number of carbonyl (C=O) groups is 2. The molecule has 0 bridgehead atoms. The molecule has 31 heavy (non-hydrogen) atoms. The maximum absolute atomic E-state index is 13.7. The third-order valence-electron chi connectivity index (χ3n) is 6.39. The third kappa shape index (κ3) is 4.58. The SMILES string of the molecule is COc1ccc(N2C(=O)CCC(C(=O)N3CCCCCC3)C2c2ccc(F)cc2)cc1. The Bertz CT molecular complexity index is 905. The summed E-state index contributed by atoms with van der Waals surface area (Å²) in [5.41, 5.74) is 1.49. The first kappa shape index (κ1) is 21.3. The number of methoxy groups -OCH3 is 1. The molecule has 4 rings (SSSR count). The van der Waals surface area contributed by atoms with Gasteiger partial charge in [0.2, 0.25) is 11.8 Å². The second-order valence-electron chi connectivity index (χ2n) is 8.34. The Morgan fingerprint density at radius 3 is 2.23 bits per heavy atom. The van der Waals surface area contributed by atoms with Crippen LogP contribution in [0.1, 0.15) is 50.1 Å². The molecule has 2 unspecified atom stereocenters. The summed E-state index contributed by atoms with van der Waals surface area (Å²) >= 11 is 0. The number of benzene rings is 2. The Morgan fingerprint density at radius 1 is 0.968 bits per heavy atom. The molecule has 2 fully saturated rings. The fourth-order valence-electron chi connectivity index (χ4n) is 4.77. The van der Waals surface area contributed by atoms with Crippen LogP contribution in [-0.4, -0.2) is 36.9 Å². The molecule has 0 aliphatic carbocycles. The highest BCUT2D eigenvalue weighted by atomic mass is 19.1. The van der Waals surface area contributed by atoms with Crippen LogP contribution in [0, 0.1) is 11.7 Å². The van der Waals surface area contributed by atoms with Gasteiger partial charge in [-0.2, -0.15) is 0 Å². The molecule has 2 aliphatic heterocycles. The first-order valence-electron chi connectivity index (χ1n) is 11.1. The highest BCUT2D eigenvalue weighted by Gasteiger charge is 2.42. The van der Waals surface area contributed by atoms with E-state index in [1.165, 1.54) is 12.1 Å². The Kier molecular flexibility index (Phi) is 6.54. The highest BCUT2D eigenvalue weighted by Crippen LogP contribution is 2.41. The van der Waals surface area contributed by atoms with E-state index in [2.05, 4.69) is 0 Å². The summed E-state index contributed by atoms with van der Waals surface area (Å²) in [5.74, 6) is 0.0750. The molecule has 2 aromatic rings. The molecule has 2 aromatic carbocycles. The van der Waals surface area contributed by atoms with Crippen LogP contribution in [0.3, 0.4) is 0 Å². The van der Waals surface area contributed by atoms with E-state index in [-0.39, 0.29) is 23.5 Å². The molecule has 2 heterocycles. The molecule has 0 aromatic heterocycles. The lowest BCUT2D eigenvalue weighted by Crippen LogP contribution is -2.49. The molecule has 2 atom stereocenters. The van der Waals surface area contributed by atoms with Gasteiger partial charge >= 0.3 is 0 Å². The maximum atomic E-state index is 13.7. The number of anilines is 1. The number of nitrogens with zero attached hydrogens (tertiary/aromatic N) is 2. The van der Waals surface area contributed by atoms with Crippen molar-refractivity contribution >= 4 is 17.5 Å². The van der Waals surface area contributed by atoms with Gasteiger partial charge in [0, 0.05) is 25.2 Å². The molecule has 0 radical (unpaired) electrons. The van der Waals surface area contributed by atoms with Gasteiger partial charge in [0.05, 0.1) is 19.1 Å². The maximum Gasteiger partial charge on any atom is 0.228 e. The Morgan fingerprint density at radius 2 is 1.61 bits per heavy atom. The lowest BCUT2D eigenvalue weighted by atomic mass is 9.82. The summed E-state index contributed by atoms with van der Waals surface area (Å²) in [7, 11) is 1.60. The van der Waals surface area contributed by atoms with Crippen LogP contribution in [0.5, 0.6) is 5.75 Å². The summed E-state index contributed by atoms with van der Waals surface area (Å²) in [6.45, 7) is 1.53. The fourth-order valence-corrected chi connectivity index (χ4v) is 4.77. The van der Waals surface area contributed by atoms with Gasteiger partial charge < -0.3 is 14.5 Å². The van der Waals surface area contributed by atoms with E-state index >= 15 is 0 Å². The van der Waals surface area contributed by atoms with E-state index in [0.717, 1.165) is 44.3 Å². The van der Waals surface area contributed by atoms with Crippen LogP contribution in [-0.2, 0) is 9.59 Å². The summed E-state index contributed by atoms with van der Waals surface area (Å²) in [6, 6.07) is 13.0. The molecule has 6 heteroatoms. The minimum Gasteiger partial charge on any atom is -0.497 e. The summed E-state index contributed by atoms with van der Waals surface area (Å²) in [5, 5.41) is 0. The average Bonchev–Trinajstić information content (AvgIpc) is 3.09. The normalized spacial score (nSPS) is 22.2. The number of hydrogen-bond donors (Lipinski definition) is 0. The predicted molar refractivity (Wildman–Crippen MR) is 117 cm³/mol. The zero-order valence-electron chi connectivity index (χ0n) is 17.9. The third-order valence-corrected chi connectivity index (χ3v) is 6.39. The molecule has 0 saturated carbocycles. The molecule has 5 nitrogen and oxygen atoms in total. The number of rotatable bonds is 4. The second-order valence-corrected chi connectivity index (χ2v) is 8.34.